The zero-order chi connectivity index (χ0) is 77.9. The molecule has 0 bridgehead atoms. The van der Waals surface area contributed by atoms with E-state index in [1.165, 1.54) is 97.6 Å². The molecule has 3 aliphatic carbocycles. The highest BCUT2D eigenvalue weighted by Crippen LogP contribution is 2.39. The van der Waals surface area contributed by atoms with Crippen molar-refractivity contribution in [2.24, 2.45) is 23.7 Å². The summed E-state index contributed by atoms with van der Waals surface area (Å²) >= 11 is 1.06. The summed E-state index contributed by atoms with van der Waals surface area (Å²) in [4.78, 5) is 191. The SMILES string of the molecule is CCO[C@@H]1C[C@H]2C(=O)NC3(CCCC3)C(=O)N(C)[C@@H](C3CCCC3)C(=O)N(C)[C@H](C(=O)N(C)C)CSCC(=O)N(C)[C@@H](CC(C)C)C(=O)N[C@@H]([C@@H](C)CC)C(=O)N(C)[C@@H](C)C(=O)N3CC[C@H]3C(=O)N(C)[C@@H](CC3CCCCC3)C(=O)N(C)CC(=O)N[C@@H](CCc3cc(F)c(C(F)(F)F)c(F)c3)C(=O)N2C1. The highest BCUT2D eigenvalue weighted by molar-refractivity contribution is 8.00. The molecule has 588 valence electrons. The van der Waals surface area contributed by atoms with Gasteiger partial charge in [-0.2, -0.15) is 13.2 Å². The third kappa shape index (κ3) is 20.4. The van der Waals surface area contributed by atoms with Crippen LogP contribution in [0.4, 0.5) is 22.0 Å². The Bertz CT molecular complexity index is 3290. The minimum atomic E-state index is -5.40. The molecule has 6 fully saturated rings. The molecule has 7 rings (SSSR count). The highest BCUT2D eigenvalue weighted by Gasteiger charge is 2.53. The fraction of sp³-hybridized carbons (Fsp3) is 0.757. The summed E-state index contributed by atoms with van der Waals surface area (Å²) < 4.78 is 77.9. The van der Waals surface area contributed by atoms with Gasteiger partial charge in [0.05, 0.1) is 18.4 Å². The summed E-state index contributed by atoms with van der Waals surface area (Å²) in [6.07, 6.45) is 1.46. The van der Waals surface area contributed by atoms with E-state index in [0.717, 1.165) is 66.5 Å². The third-order valence-corrected chi connectivity index (χ3v) is 23.7. The number of carbonyl (C=O) groups excluding carboxylic acids is 12. The first-order chi connectivity index (χ1) is 49.4. The van der Waals surface area contributed by atoms with Gasteiger partial charge in [0, 0.05) is 88.3 Å². The molecule has 3 N–H and O–H groups in total. The molecule has 0 aromatic heterocycles. The van der Waals surface area contributed by atoms with Crippen molar-refractivity contribution in [1.29, 1.82) is 0 Å². The monoisotopic (exact) mass is 1500 g/mol. The van der Waals surface area contributed by atoms with Crippen LogP contribution in [-0.2, 0) is 74.9 Å². The van der Waals surface area contributed by atoms with E-state index in [-0.39, 0.29) is 87.1 Å². The molecule has 6 aliphatic rings. The minimum absolute atomic E-state index is 0.0340. The van der Waals surface area contributed by atoms with Crippen molar-refractivity contribution in [2.45, 2.75) is 242 Å². The van der Waals surface area contributed by atoms with Crippen LogP contribution in [0.25, 0.3) is 0 Å². The largest absolute Gasteiger partial charge is 0.422 e. The molecule has 11 atom stereocenters. The lowest BCUT2D eigenvalue weighted by atomic mass is 9.84. The van der Waals surface area contributed by atoms with Crippen molar-refractivity contribution in [3.05, 3.63) is 34.9 Å². The van der Waals surface area contributed by atoms with Gasteiger partial charge in [0.2, 0.25) is 70.9 Å². The van der Waals surface area contributed by atoms with E-state index in [1.807, 2.05) is 20.8 Å². The Morgan fingerprint density at radius 2 is 1.31 bits per heavy atom. The van der Waals surface area contributed by atoms with Gasteiger partial charge in [0.15, 0.2) is 0 Å². The normalized spacial score (nSPS) is 28.0. The fourth-order valence-corrected chi connectivity index (χ4v) is 17.1. The summed E-state index contributed by atoms with van der Waals surface area (Å²) in [6.45, 7) is 9.81. The number of benzene rings is 1. The van der Waals surface area contributed by atoms with Crippen LogP contribution in [0.15, 0.2) is 12.1 Å². The smallest absolute Gasteiger partial charge is 0.377 e. The van der Waals surface area contributed by atoms with E-state index in [4.69, 9.17) is 4.74 Å². The third-order valence-electron chi connectivity index (χ3n) is 22.7. The molecule has 31 heteroatoms. The Labute approximate surface area is 619 Å². The van der Waals surface area contributed by atoms with Gasteiger partial charge in [0.1, 0.15) is 77.1 Å². The molecule has 0 unspecified atom stereocenters. The number of hydrogen-bond acceptors (Lipinski definition) is 14. The van der Waals surface area contributed by atoms with Crippen molar-refractivity contribution in [1.82, 2.24) is 60.0 Å². The predicted molar refractivity (Wildman–Crippen MR) is 383 cm³/mol. The molecule has 3 aliphatic heterocycles. The number of fused-ring (bicyclic) bond motifs is 2. The van der Waals surface area contributed by atoms with Gasteiger partial charge >= 0.3 is 6.18 Å². The van der Waals surface area contributed by atoms with Crippen LogP contribution >= 0.6 is 11.8 Å². The van der Waals surface area contributed by atoms with E-state index >= 15 is 32.8 Å². The Morgan fingerprint density at radius 1 is 0.695 bits per heavy atom. The van der Waals surface area contributed by atoms with E-state index < -0.39 is 192 Å². The highest BCUT2D eigenvalue weighted by atomic mass is 32.2. The number of thioether (sulfide) groups is 1. The average molecular weight is 1510 g/mol. The topological polar surface area (TPSA) is 279 Å². The predicted octanol–water partition coefficient (Wildman–Crippen LogP) is 5.62. The molecule has 25 nitrogen and oxygen atoms in total. The maximum atomic E-state index is 15.6. The standard InChI is InChI=1S/C74H113F5N12O13S/c1-15-44(5)61-70(101)85(10)45(6)65(96)90-33-30-53(90)69(100)87(12)56(37-46-24-18-17-19-25-46)68(99)84(9)40-58(92)80-52(29-28-47-35-50(75)60(51(76)36-47)74(77,78)79)66(97)91-39-49(104-16-2)38-55(91)64(95)82-73(31-22-23-32-73)72(103)89(14)62(48-26-20-21-27-48)71(102)88(13)57(67(98)83(7)8)41-105-42-59(93)86(11)54(34-43(3)4)63(94)81-61/h35-36,43-46,48-49,52-57,61-62H,15-34,37-42H2,1-14H3,(H,80,92)(H,81,94)(H,82,95)/t44-,45-,49+,52-,53-,54-,55-,56-,57-,61-,62-/m0/s1. The minimum Gasteiger partial charge on any atom is -0.377 e. The molecular weight excluding hydrogens is 1390 g/mol. The van der Waals surface area contributed by atoms with E-state index in [2.05, 4.69) is 16.0 Å². The maximum absolute atomic E-state index is 15.6. The lowest BCUT2D eigenvalue weighted by Gasteiger charge is -2.45. The van der Waals surface area contributed by atoms with Gasteiger partial charge in [-0.05, 0) is 113 Å². The number of carbonyl (C=O) groups is 12. The van der Waals surface area contributed by atoms with Gasteiger partial charge < -0.3 is 64.8 Å². The van der Waals surface area contributed by atoms with E-state index in [1.54, 1.807) is 13.8 Å². The van der Waals surface area contributed by atoms with Crippen molar-refractivity contribution < 1.29 is 84.2 Å². The number of nitrogens with one attached hydrogen (secondary N) is 3. The summed E-state index contributed by atoms with van der Waals surface area (Å²) in [5.74, 6) is -13.1. The van der Waals surface area contributed by atoms with Crippen molar-refractivity contribution >= 4 is 82.6 Å². The molecule has 1 aromatic rings. The molecule has 1 spiro atoms. The summed E-state index contributed by atoms with van der Waals surface area (Å²) in [7, 11) is 11.7. The van der Waals surface area contributed by atoms with E-state index in [9.17, 15) is 46.7 Å². The van der Waals surface area contributed by atoms with Gasteiger partial charge in [-0.25, -0.2) is 8.78 Å². The van der Waals surface area contributed by atoms with Gasteiger partial charge in [-0.1, -0.05) is 91.9 Å². The molecule has 3 saturated heterocycles. The lowest BCUT2D eigenvalue weighted by Crippen LogP contribution is -2.65. The number of alkyl halides is 3. The van der Waals surface area contributed by atoms with Crippen molar-refractivity contribution in [2.75, 3.05) is 94.1 Å². The Balaban J connectivity index is 1.29. The Kier molecular flexibility index (Phi) is 30.0. The second kappa shape index (κ2) is 37.1. The first kappa shape index (κ1) is 85.1. The van der Waals surface area contributed by atoms with Gasteiger partial charge in [-0.15, -0.1) is 11.8 Å². The Hall–Kier alpha value is -7.18. The zero-order valence-electron chi connectivity index (χ0n) is 63.8. The van der Waals surface area contributed by atoms with Crippen LogP contribution in [0, 0.1) is 35.3 Å². The number of hydrogen-bond donors (Lipinski definition) is 3. The van der Waals surface area contributed by atoms with E-state index in [0.29, 0.717) is 44.2 Å². The number of nitrogens with zero attached hydrogens (tertiary/aromatic N) is 9. The number of amides is 12. The number of ether oxygens (including phenoxy) is 1. The van der Waals surface area contributed by atoms with Crippen LogP contribution in [0.3, 0.4) is 0 Å². The summed E-state index contributed by atoms with van der Waals surface area (Å²) in [6, 6.07) is -10.2. The first-order valence-corrected chi connectivity index (χ1v) is 38.6. The number of rotatable bonds is 13. The lowest BCUT2D eigenvalue weighted by molar-refractivity contribution is -0.160. The van der Waals surface area contributed by atoms with Crippen LogP contribution in [0.5, 0.6) is 0 Å². The molecule has 0 radical (unpaired) electrons. The molecule has 105 heavy (non-hydrogen) atoms. The molecule has 1 aromatic carbocycles. The fourth-order valence-electron chi connectivity index (χ4n) is 16.0. The molecule has 12 amide bonds. The molecule has 3 heterocycles. The van der Waals surface area contributed by atoms with Crippen LogP contribution in [-0.4, -0.2) is 275 Å². The van der Waals surface area contributed by atoms with Gasteiger partial charge in [-0.3, -0.25) is 57.5 Å². The number of aryl methyl sites for hydroxylation is 1. The molecule has 3 saturated carbocycles. The first-order valence-electron chi connectivity index (χ1n) is 37.5. The number of halogens is 5. The van der Waals surface area contributed by atoms with Crippen LogP contribution < -0.4 is 16.0 Å². The van der Waals surface area contributed by atoms with Crippen LogP contribution in [0.2, 0.25) is 0 Å². The zero-order valence-corrected chi connectivity index (χ0v) is 64.6. The van der Waals surface area contributed by atoms with Crippen LogP contribution in [0.1, 0.15) is 175 Å². The van der Waals surface area contributed by atoms with Crippen molar-refractivity contribution in [3.8, 4) is 0 Å². The summed E-state index contributed by atoms with van der Waals surface area (Å²) in [5.41, 5.74) is -4.10. The second-order valence-corrected chi connectivity index (χ2v) is 31.7. The molecular formula is C74H113F5N12O13S. The summed E-state index contributed by atoms with van der Waals surface area (Å²) in [5, 5.41) is 8.59. The number of likely N-dealkylation sites (N-methyl/N-ethyl adjacent to an activating group) is 7. The average Bonchev–Trinajstić information content (AvgIpc) is 1.71. The quantitative estimate of drug-likeness (QED) is 0.202. The maximum Gasteiger partial charge on any atom is 0.422 e. The second-order valence-electron chi connectivity index (χ2n) is 30.7. The van der Waals surface area contributed by atoms with Crippen molar-refractivity contribution in [3.63, 3.8) is 0 Å². The van der Waals surface area contributed by atoms with Gasteiger partial charge in [0.25, 0.3) is 0 Å². The Morgan fingerprint density at radius 3 is 1.88 bits per heavy atom.